The summed E-state index contributed by atoms with van der Waals surface area (Å²) in [4.78, 5) is 42.1. The number of esters is 1. The summed E-state index contributed by atoms with van der Waals surface area (Å²) in [5.41, 5.74) is 0. The Bertz CT molecular complexity index is 717. The Labute approximate surface area is 196 Å². The van der Waals surface area contributed by atoms with Crippen LogP contribution in [0.25, 0.3) is 0 Å². The molecule has 1 spiro atoms. The second-order valence-corrected chi connectivity index (χ2v) is 11.6. The lowest BCUT2D eigenvalue weighted by atomic mass is 9.66. The normalized spacial score (nSPS) is 34.2. The first kappa shape index (κ1) is 25.3. The maximum atomic E-state index is 13.9. The zero-order valence-electron chi connectivity index (χ0n) is 20.1. The predicted molar refractivity (Wildman–Crippen MR) is 125 cm³/mol. The summed E-state index contributed by atoms with van der Waals surface area (Å²) in [6, 6.07) is -1.12. The molecule has 0 aliphatic carbocycles. The smallest absolute Gasteiger partial charge is 0.310 e. The van der Waals surface area contributed by atoms with E-state index in [4.69, 9.17) is 4.74 Å². The number of nitrogens with one attached hydrogen (secondary N) is 1. The van der Waals surface area contributed by atoms with Gasteiger partial charge < -0.3 is 20.1 Å². The molecule has 182 valence electrons. The molecule has 2 N–H and O–H groups in total. The summed E-state index contributed by atoms with van der Waals surface area (Å²) in [6.07, 6.45) is 4.39. The first-order valence-corrected chi connectivity index (χ1v) is 13.2. The molecule has 3 fully saturated rings. The average Bonchev–Trinajstić information content (AvgIpc) is 3.33. The molecule has 3 unspecified atom stereocenters. The number of aliphatic hydroxyl groups is 1. The standard InChI is InChI=1S/C24H40N2O5S/c1-6-8-9-10-25-21(28)20-24-15(5)12-17(32-24)18(23(30)31-7-2)19(24)22(29)26(20)16(13-27)11-14(3)4/h14-20,27H,6-13H2,1-5H3,(H,25,28)/t15?,16-,17-,18+,19+,20?,24?/m1/s1. The van der Waals surface area contributed by atoms with Gasteiger partial charge in [-0.15, -0.1) is 11.8 Å². The van der Waals surface area contributed by atoms with Gasteiger partial charge in [0.2, 0.25) is 11.8 Å². The van der Waals surface area contributed by atoms with Gasteiger partial charge in [-0.2, -0.15) is 0 Å². The topological polar surface area (TPSA) is 95.9 Å². The van der Waals surface area contributed by atoms with Crippen LogP contribution in [0.5, 0.6) is 0 Å². The van der Waals surface area contributed by atoms with E-state index in [-0.39, 0.29) is 48.1 Å². The lowest BCUT2D eigenvalue weighted by Crippen LogP contribution is -2.58. The zero-order valence-corrected chi connectivity index (χ0v) is 21.0. The van der Waals surface area contributed by atoms with Gasteiger partial charge in [-0.05, 0) is 38.0 Å². The van der Waals surface area contributed by atoms with Crippen molar-refractivity contribution in [2.75, 3.05) is 19.8 Å². The summed E-state index contributed by atoms with van der Waals surface area (Å²) in [5.74, 6) is -1.37. The maximum absolute atomic E-state index is 13.9. The quantitative estimate of drug-likeness (QED) is 0.357. The van der Waals surface area contributed by atoms with Crippen LogP contribution in [0, 0.1) is 23.7 Å². The van der Waals surface area contributed by atoms with Crippen LogP contribution in [0.4, 0.5) is 0 Å². The predicted octanol–water partition coefficient (Wildman–Crippen LogP) is 2.60. The van der Waals surface area contributed by atoms with Gasteiger partial charge in [0.1, 0.15) is 6.04 Å². The van der Waals surface area contributed by atoms with Gasteiger partial charge in [-0.1, -0.05) is 40.5 Å². The van der Waals surface area contributed by atoms with E-state index in [1.165, 1.54) is 0 Å². The molecule has 7 nitrogen and oxygen atoms in total. The van der Waals surface area contributed by atoms with Crippen molar-refractivity contribution in [1.82, 2.24) is 10.2 Å². The summed E-state index contributed by atoms with van der Waals surface area (Å²) < 4.78 is 4.71. The van der Waals surface area contributed by atoms with E-state index in [0.29, 0.717) is 13.0 Å². The van der Waals surface area contributed by atoms with E-state index in [1.807, 2.05) is 13.8 Å². The molecule has 2 bridgehead atoms. The van der Waals surface area contributed by atoms with Crippen LogP contribution in [0.3, 0.4) is 0 Å². The highest BCUT2D eigenvalue weighted by atomic mass is 32.2. The lowest BCUT2D eigenvalue weighted by Gasteiger charge is -2.40. The molecule has 7 atom stereocenters. The molecule has 32 heavy (non-hydrogen) atoms. The number of rotatable bonds is 11. The largest absolute Gasteiger partial charge is 0.466 e. The van der Waals surface area contributed by atoms with Gasteiger partial charge in [0.25, 0.3) is 0 Å². The first-order valence-electron chi connectivity index (χ1n) is 12.3. The van der Waals surface area contributed by atoms with Crippen LogP contribution in [0.15, 0.2) is 0 Å². The molecular weight excluding hydrogens is 428 g/mol. The van der Waals surface area contributed by atoms with Crippen molar-refractivity contribution in [2.24, 2.45) is 23.7 Å². The van der Waals surface area contributed by atoms with E-state index in [0.717, 1.165) is 25.7 Å². The van der Waals surface area contributed by atoms with E-state index >= 15 is 0 Å². The molecular formula is C24H40N2O5S. The van der Waals surface area contributed by atoms with Crippen molar-refractivity contribution in [3.05, 3.63) is 0 Å². The molecule has 0 saturated carbocycles. The SMILES string of the molecule is CCCCCNC(=O)C1N([C@@H](CO)CC(C)C)C(=O)[C@@H]2[C@@H](C(=O)OCC)[C@H]3CC(C)C12S3. The summed E-state index contributed by atoms with van der Waals surface area (Å²) in [6.45, 7) is 10.7. The lowest BCUT2D eigenvalue weighted by molar-refractivity contribution is -0.154. The Kier molecular flexibility index (Phi) is 8.18. The van der Waals surface area contributed by atoms with Crippen LogP contribution in [0.1, 0.15) is 66.7 Å². The number of hydrogen-bond acceptors (Lipinski definition) is 6. The van der Waals surface area contributed by atoms with Crippen molar-refractivity contribution >= 4 is 29.5 Å². The summed E-state index contributed by atoms with van der Waals surface area (Å²) in [5, 5.41) is 13.3. The molecule has 0 radical (unpaired) electrons. The second kappa shape index (κ2) is 10.3. The van der Waals surface area contributed by atoms with Gasteiger partial charge in [-0.3, -0.25) is 14.4 Å². The first-order chi connectivity index (χ1) is 15.2. The Morgan fingerprint density at radius 2 is 2.03 bits per heavy atom. The third-order valence-corrected chi connectivity index (χ3v) is 9.49. The van der Waals surface area contributed by atoms with Gasteiger partial charge in [0, 0.05) is 11.8 Å². The third kappa shape index (κ3) is 4.17. The molecule has 3 rings (SSSR count). The highest BCUT2D eigenvalue weighted by Gasteiger charge is 2.76. The second-order valence-electron chi connectivity index (χ2n) is 10.0. The number of unbranched alkanes of at least 4 members (excludes halogenated alkanes) is 2. The molecule has 0 aromatic rings. The highest BCUT2D eigenvalue weighted by molar-refractivity contribution is 8.02. The Balaban J connectivity index is 2.00. The number of carbonyl (C=O) groups is 3. The molecule has 3 aliphatic heterocycles. The van der Waals surface area contributed by atoms with Crippen LogP contribution in [-0.4, -0.2) is 69.6 Å². The fourth-order valence-corrected chi connectivity index (χ4v) is 8.56. The van der Waals surface area contributed by atoms with Crippen molar-refractivity contribution in [3.63, 3.8) is 0 Å². The van der Waals surface area contributed by atoms with E-state index < -0.39 is 28.7 Å². The van der Waals surface area contributed by atoms with E-state index in [2.05, 4.69) is 19.2 Å². The van der Waals surface area contributed by atoms with Crippen LogP contribution >= 0.6 is 11.8 Å². The van der Waals surface area contributed by atoms with Crippen molar-refractivity contribution in [3.8, 4) is 0 Å². The number of ether oxygens (including phenoxy) is 1. The van der Waals surface area contributed by atoms with Gasteiger partial charge >= 0.3 is 5.97 Å². The Morgan fingerprint density at radius 3 is 2.62 bits per heavy atom. The highest BCUT2D eigenvalue weighted by Crippen LogP contribution is 2.69. The summed E-state index contributed by atoms with van der Waals surface area (Å²) >= 11 is 1.65. The van der Waals surface area contributed by atoms with Crippen LogP contribution < -0.4 is 5.32 Å². The average molecular weight is 469 g/mol. The van der Waals surface area contributed by atoms with Gasteiger partial charge in [0.05, 0.1) is 35.8 Å². The fraction of sp³-hybridized carbons (Fsp3) is 0.875. The van der Waals surface area contributed by atoms with E-state index in [9.17, 15) is 19.5 Å². The molecule has 3 heterocycles. The molecule has 0 aromatic heterocycles. The van der Waals surface area contributed by atoms with Gasteiger partial charge in [0.15, 0.2) is 0 Å². The fourth-order valence-electron chi connectivity index (χ4n) is 6.16. The minimum Gasteiger partial charge on any atom is -0.466 e. The molecule has 8 heteroatoms. The van der Waals surface area contributed by atoms with Crippen molar-refractivity contribution in [1.29, 1.82) is 0 Å². The van der Waals surface area contributed by atoms with Crippen LogP contribution in [0.2, 0.25) is 0 Å². The number of thioether (sulfide) groups is 1. The maximum Gasteiger partial charge on any atom is 0.310 e. The number of likely N-dealkylation sites (tertiary alicyclic amines) is 1. The minimum atomic E-state index is -0.679. The van der Waals surface area contributed by atoms with Crippen LogP contribution in [-0.2, 0) is 19.1 Å². The Morgan fingerprint density at radius 1 is 1.31 bits per heavy atom. The van der Waals surface area contributed by atoms with Gasteiger partial charge in [-0.25, -0.2) is 0 Å². The van der Waals surface area contributed by atoms with Crippen molar-refractivity contribution in [2.45, 2.75) is 88.8 Å². The number of amides is 2. The monoisotopic (exact) mass is 468 g/mol. The summed E-state index contributed by atoms with van der Waals surface area (Å²) in [7, 11) is 0. The molecule has 2 amide bonds. The zero-order chi connectivity index (χ0) is 23.6. The number of hydrogen-bond donors (Lipinski definition) is 2. The molecule has 0 aromatic carbocycles. The number of nitrogens with zero attached hydrogens (tertiary/aromatic N) is 1. The van der Waals surface area contributed by atoms with Crippen molar-refractivity contribution < 1.29 is 24.2 Å². The number of carbonyl (C=O) groups excluding carboxylic acids is 3. The van der Waals surface area contributed by atoms with E-state index in [1.54, 1.807) is 23.6 Å². The minimum absolute atomic E-state index is 0.00628. The third-order valence-electron chi connectivity index (χ3n) is 7.42. The molecule has 3 saturated heterocycles. The molecule has 3 aliphatic rings. The number of aliphatic hydroxyl groups excluding tert-OH is 1. The number of fused-ring (bicyclic) bond motifs is 1. The Hall–Kier alpha value is -1.28.